The Labute approximate surface area is 169 Å². The van der Waals surface area contributed by atoms with Gasteiger partial charge in [-0.15, -0.1) is 0 Å². The van der Waals surface area contributed by atoms with Gasteiger partial charge in [0.05, 0.1) is 0 Å². The minimum atomic E-state index is -0.656. The Hall–Kier alpha value is -0.570. The largest absolute Gasteiger partial charge is 0.481 e. The summed E-state index contributed by atoms with van der Waals surface area (Å²) in [5, 5.41) is 8.68. The van der Waals surface area contributed by atoms with E-state index in [1.54, 1.807) is 0 Å². The summed E-state index contributed by atoms with van der Waals surface area (Å²) < 4.78 is 5.47. The Morgan fingerprint density at radius 2 is 1.19 bits per heavy atom. The van der Waals surface area contributed by atoms with Crippen molar-refractivity contribution in [2.75, 3.05) is 13.2 Å². The molecule has 3 heteroatoms. The number of aliphatic carboxylic acids is 1. The lowest BCUT2D eigenvalue weighted by Gasteiger charge is -2.17. The van der Waals surface area contributed by atoms with E-state index >= 15 is 0 Å². The van der Waals surface area contributed by atoms with Crippen molar-refractivity contribution >= 4 is 5.97 Å². The van der Waals surface area contributed by atoms with Gasteiger partial charge in [-0.25, -0.2) is 0 Å². The van der Waals surface area contributed by atoms with E-state index in [-0.39, 0.29) is 0 Å². The zero-order valence-corrected chi connectivity index (χ0v) is 18.5. The van der Waals surface area contributed by atoms with Gasteiger partial charge in [0.1, 0.15) is 0 Å². The lowest BCUT2D eigenvalue weighted by molar-refractivity contribution is -0.137. The monoisotopic (exact) mass is 384 g/mol. The number of carboxylic acid groups (broad SMARTS) is 1. The molecule has 0 heterocycles. The van der Waals surface area contributed by atoms with Crippen LogP contribution in [0.5, 0.6) is 0 Å². The van der Waals surface area contributed by atoms with Gasteiger partial charge >= 0.3 is 5.97 Å². The van der Waals surface area contributed by atoms with Crippen LogP contribution in [0.15, 0.2) is 0 Å². The minimum Gasteiger partial charge on any atom is -0.481 e. The van der Waals surface area contributed by atoms with Crippen molar-refractivity contribution in [2.45, 2.75) is 129 Å². The normalized spacial score (nSPS) is 12.4. The Morgan fingerprint density at radius 3 is 1.70 bits per heavy atom. The molecule has 0 spiro atoms. The summed E-state index contributed by atoms with van der Waals surface area (Å²) in [5.74, 6) is 0.234. The molecule has 0 aliphatic heterocycles. The fourth-order valence-electron chi connectivity index (χ4n) is 3.84. The lowest BCUT2D eigenvalue weighted by Crippen LogP contribution is -2.03. The first-order valence-corrected chi connectivity index (χ1v) is 12.0. The van der Waals surface area contributed by atoms with Gasteiger partial charge < -0.3 is 9.84 Å². The molecule has 0 aliphatic rings. The van der Waals surface area contributed by atoms with E-state index in [9.17, 15) is 4.79 Å². The number of unbranched alkanes of at least 4 members (excludes halogenated alkanes) is 11. The quantitative estimate of drug-likeness (QED) is 0.194. The highest BCUT2D eigenvalue weighted by Gasteiger charge is 2.09. The topological polar surface area (TPSA) is 46.5 Å². The van der Waals surface area contributed by atoms with Crippen LogP contribution in [0.2, 0.25) is 0 Å². The van der Waals surface area contributed by atoms with Crippen LogP contribution in [0.4, 0.5) is 0 Å². The smallest absolute Gasteiger partial charge is 0.303 e. The van der Waals surface area contributed by atoms with Gasteiger partial charge in [0.25, 0.3) is 0 Å². The van der Waals surface area contributed by atoms with Crippen LogP contribution >= 0.6 is 0 Å². The fraction of sp³-hybridized carbons (Fsp3) is 0.958. The average Bonchev–Trinajstić information content (AvgIpc) is 2.65. The molecule has 0 bridgehead atoms. The van der Waals surface area contributed by atoms with Crippen molar-refractivity contribution in [1.29, 1.82) is 0 Å². The molecular weight excluding hydrogens is 336 g/mol. The van der Waals surface area contributed by atoms with Gasteiger partial charge in [0.15, 0.2) is 0 Å². The van der Waals surface area contributed by atoms with Crippen molar-refractivity contribution < 1.29 is 14.6 Å². The van der Waals surface area contributed by atoms with Crippen LogP contribution in [0, 0.1) is 5.92 Å². The van der Waals surface area contributed by atoms with Crippen LogP contribution < -0.4 is 0 Å². The third kappa shape index (κ3) is 21.6. The molecule has 0 aliphatic carbocycles. The predicted molar refractivity (Wildman–Crippen MR) is 116 cm³/mol. The maximum atomic E-state index is 10.5. The molecule has 1 atom stereocenters. The molecule has 162 valence electrons. The maximum Gasteiger partial charge on any atom is 0.303 e. The second kappa shape index (κ2) is 21.7. The molecule has 3 nitrogen and oxygen atoms in total. The molecule has 0 amide bonds. The highest BCUT2D eigenvalue weighted by Crippen LogP contribution is 2.24. The number of hydrogen-bond donors (Lipinski definition) is 1. The van der Waals surface area contributed by atoms with E-state index < -0.39 is 5.97 Å². The summed E-state index contributed by atoms with van der Waals surface area (Å²) in [6.07, 6.45) is 22.5. The van der Waals surface area contributed by atoms with E-state index in [0.29, 0.717) is 6.42 Å². The number of rotatable bonds is 22. The van der Waals surface area contributed by atoms with Crippen LogP contribution in [0.25, 0.3) is 0 Å². The van der Waals surface area contributed by atoms with E-state index in [4.69, 9.17) is 9.84 Å². The molecule has 0 saturated carbocycles. The van der Waals surface area contributed by atoms with Gasteiger partial charge in [0, 0.05) is 19.6 Å². The molecule has 27 heavy (non-hydrogen) atoms. The van der Waals surface area contributed by atoms with Crippen molar-refractivity contribution in [3.8, 4) is 0 Å². The van der Waals surface area contributed by atoms with E-state index in [1.807, 2.05) is 0 Å². The summed E-state index contributed by atoms with van der Waals surface area (Å²) in [6, 6.07) is 0. The van der Waals surface area contributed by atoms with Crippen LogP contribution in [-0.4, -0.2) is 24.3 Å². The number of ether oxygens (including phenoxy) is 1. The molecule has 0 aromatic heterocycles. The summed E-state index contributed by atoms with van der Waals surface area (Å²) in [7, 11) is 0. The third-order valence-electron chi connectivity index (χ3n) is 5.57. The number of carboxylic acids is 1. The predicted octanol–water partition coefficient (Wildman–Crippen LogP) is 7.77. The highest BCUT2D eigenvalue weighted by molar-refractivity contribution is 5.66. The standard InChI is InChI=1S/C24H48O3/c1-3-5-6-7-8-10-13-18-23(20-16-17-22-27-4-2)19-14-11-9-12-15-21-24(25)26/h23H,3-22H2,1-2H3,(H,25,26). The van der Waals surface area contributed by atoms with Crippen molar-refractivity contribution in [3.63, 3.8) is 0 Å². The van der Waals surface area contributed by atoms with Gasteiger partial charge in [-0.3, -0.25) is 4.79 Å². The van der Waals surface area contributed by atoms with E-state index in [0.717, 1.165) is 32.0 Å². The molecule has 0 aromatic carbocycles. The third-order valence-corrected chi connectivity index (χ3v) is 5.57. The number of hydrogen-bond acceptors (Lipinski definition) is 2. The summed E-state index contributed by atoms with van der Waals surface area (Å²) >= 11 is 0. The second-order valence-electron chi connectivity index (χ2n) is 8.17. The molecule has 0 radical (unpaired) electrons. The zero-order chi connectivity index (χ0) is 20.0. The molecule has 1 N–H and O–H groups in total. The summed E-state index contributed by atoms with van der Waals surface area (Å²) in [5.41, 5.74) is 0. The van der Waals surface area contributed by atoms with Crippen molar-refractivity contribution in [2.24, 2.45) is 5.92 Å². The van der Waals surface area contributed by atoms with Crippen LogP contribution in [-0.2, 0) is 9.53 Å². The van der Waals surface area contributed by atoms with Crippen LogP contribution in [0.3, 0.4) is 0 Å². The molecule has 0 rings (SSSR count). The van der Waals surface area contributed by atoms with Gasteiger partial charge in [-0.2, -0.15) is 0 Å². The highest BCUT2D eigenvalue weighted by atomic mass is 16.5. The maximum absolute atomic E-state index is 10.5. The van der Waals surface area contributed by atoms with Gasteiger partial charge in [-0.1, -0.05) is 103 Å². The Kier molecular flexibility index (Phi) is 21.3. The minimum absolute atomic E-state index is 0.334. The van der Waals surface area contributed by atoms with Gasteiger partial charge in [0.2, 0.25) is 0 Å². The SMILES string of the molecule is CCCCCCCCCC(CCCCCCCC(=O)O)CCCCOCC. The Balaban J connectivity index is 3.79. The zero-order valence-electron chi connectivity index (χ0n) is 18.5. The first kappa shape index (κ1) is 26.4. The van der Waals surface area contributed by atoms with Crippen LogP contribution in [0.1, 0.15) is 129 Å². The molecule has 0 aromatic rings. The van der Waals surface area contributed by atoms with E-state index in [1.165, 1.54) is 96.3 Å². The van der Waals surface area contributed by atoms with Crippen molar-refractivity contribution in [3.05, 3.63) is 0 Å². The average molecular weight is 385 g/mol. The second-order valence-corrected chi connectivity index (χ2v) is 8.17. The first-order chi connectivity index (χ1) is 13.2. The molecule has 1 unspecified atom stereocenters. The summed E-state index contributed by atoms with van der Waals surface area (Å²) in [6.45, 7) is 6.11. The van der Waals surface area contributed by atoms with Crippen molar-refractivity contribution in [1.82, 2.24) is 0 Å². The lowest BCUT2D eigenvalue weighted by atomic mass is 9.90. The summed E-state index contributed by atoms with van der Waals surface area (Å²) in [4.78, 5) is 10.5. The molecule has 0 fully saturated rings. The van der Waals surface area contributed by atoms with Gasteiger partial charge in [-0.05, 0) is 25.7 Å². The first-order valence-electron chi connectivity index (χ1n) is 12.0. The van der Waals surface area contributed by atoms with E-state index in [2.05, 4.69) is 13.8 Å². The number of carbonyl (C=O) groups is 1. The molecule has 0 saturated heterocycles. The fourth-order valence-corrected chi connectivity index (χ4v) is 3.84. The molecular formula is C24H48O3. The Bertz CT molecular complexity index is 304. The Morgan fingerprint density at radius 1 is 0.704 bits per heavy atom.